The fraction of sp³-hybridized carbons (Fsp3) is 0.560. The highest BCUT2D eigenvalue weighted by Gasteiger charge is 2.37. The molecule has 1 aromatic heterocycles. The maximum absolute atomic E-state index is 13.6. The van der Waals surface area contributed by atoms with Gasteiger partial charge < -0.3 is 20.2 Å². The van der Waals surface area contributed by atoms with Crippen molar-refractivity contribution in [3.05, 3.63) is 51.9 Å². The van der Waals surface area contributed by atoms with E-state index in [0.717, 1.165) is 17.4 Å². The predicted molar refractivity (Wildman–Crippen MR) is 131 cm³/mol. The molecular weight excluding hydrogens is 495 g/mol. The Kier molecular flexibility index (Phi) is 7.78. The van der Waals surface area contributed by atoms with Gasteiger partial charge in [0.15, 0.2) is 0 Å². The Morgan fingerprint density at radius 2 is 1.92 bits per heavy atom. The lowest BCUT2D eigenvalue weighted by Gasteiger charge is -2.38. The standard InChI is InChI=1S/C25H31ClF3N5O2/c1-14(2)30-12-17(16-4-5-19(26)18(11-16)25(27,28)29)24(36)34-8-6-33(7-9-34)23-21-15(3)10-20(35)22(21)31-13-32-23/h4-5,11,13-15,17,20,30,35H,6-10,12H2,1-3H3/t15-,17?,20-/m1/s1. The Morgan fingerprint density at radius 3 is 2.56 bits per heavy atom. The van der Waals surface area contributed by atoms with Crippen molar-refractivity contribution < 1.29 is 23.1 Å². The third-order valence-electron chi connectivity index (χ3n) is 6.90. The van der Waals surface area contributed by atoms with Gasteiger partial charge in [0.25, 0.3) is 0 Å². The first kappa shape index (κ1) is 26.6. The third kappa shape index (κ3) is 5.45. The van der Waals surface area contributed by atoms with Gasteiger partial charge in [-0.2, -0.15) is 13.2 Å². The number of hydrogen-bond acceptors (Lipinski definition) is 6. The fourth-order valence-corrected chi connectivity index (χ4v) is 5.22. The summed E-state index contributed by atoms with van der Waals surface area (Å²) < 4.78 is 40.5. The quantitative estimate of drug-likeness (QED) is 0.590. The molecule has 1 aliphatic carbocycles. The number of aliphatic hydroxyl groups excluding tert-OH is 1. The zero-order chi connectivity index (χ0) is 26.2. The van der Waals surface area contributed by atoms with E-state index in [1.54, 1.807) is 4.90 Å². The lowest BCUT2D eigenvalue weighted by Crippen LogP contribution is -2.51. The lowest BCUT2D eigenvalue weighted by atomic mass is 9.94. The molecule has 1 aromatic carbocycles. The molecule has 1 fully saturated rings. The summed E-state index contributed by atoms with van der Waals surface area (Å²) in [5.41, 5.74) is 0.949. The van der Waals surface area contributed by atoms with Crippen molar-refractivity contribution in [3.63, 3.8) is 0 Å². The van der Waals surface area contributed by atoms with Crippen LogP contribution in [0.5, 0.6) is 0 Å². The number of halogens is 4. The molecule has 2 N–H and O–H groups in total. The second kappa shape index (κ2) is 10.5. The highest BCUT2D eigenvalue weighted by Crippen LogP contribution is 2.43. The van der Waals surface area contributed by atoms with Crippen LogP contribution in [0.25, 0.3) is 0 Å². The van der Waals surface area contributed by atoms with Crippen LogP contribution in [0.2, 0.25) is 5.02 Å². The van der Waals surface area contributed by atoms with E-state index in [9.17, 15) is 23.1 Å². The number of hydrogen-bond donors (Lipinski definition) is 2. The molecule has 0 bridgehead atoms. The molecule has 196 valence electrons. The summed E-state index contributed by atoms with van der Waals surface area (Å²) in [6, 6.07) is 3.75. The van der Waals surface area contributed by atoms with Crippen molar-refractivity contribution in [3.8, 4) is 0 Å². The molecule has 2 aromatic rings. The topological polar surface area (TPSA) is 81.6 Å². The lowest BCUT2D eigenvalue weighted by molar-refractivity contribution is -0.138. The molecule has 36 heavy (non-hydrogen) atoms. The van der Waals surface area contributed by atoms with Crippen molar-refractivity contribution >= 4 is 23.3 Å². The van der Waals surface area contributed by atoms with Gasteiger partial charge in [-0.3, -0.25) is 4.79 Å². The molecule has 0 saturated carbocycles. The highest BCUT2D eigenvalue weighted by molar-refractivity contribution is 6.31. The number of alkyl halides is 3. The van der Waals surface area contributed by atoms with E-state index >= 15 is 0 Å². The van der Waals surface area contributed by atoms with Crippen LogP contribution >= 0.6 is 11.6 Å². The number of nitrogens with one attached hydrogen (secondary N) is 1. The number of rotatable bonds is 6. The Bertz CT molecular complexity index is 1110. The van der Waals surface area contributed by atoms with Crippen LogP contribution in [0, 0.1) is 0 Å². The number of anilines is 1. The highest BCUT2D eigenvalue weighted by atomic mass is 35.5. The molecule has 2 aliphatic rings. The predicted octanol–water partition coefficient (Wildman–Crippen LogP) is 4.12. The van der Waals surface area contributed by atoms with Crippen molar-refractivity contribution in [2.75, 3.05) is 37.6 Å². The molecule has 7 nitrogen and oxygen atoms in total. The molecular formula is C25H31ClF3N5O2. The van der Waals surface area contributed by atoms with Crippen LogP contribution in [0.1, 0.15) is 67.5 Å². The molecule has 1 unspecified atom stereocenters. The van der Waals surface area contributed by atoms with Crippen molar-refractivity contribution in [1.29, 1.82) is 0 Å². The van der Waals surface area contributed by atoms with Gasteiger partial charge in [0.2, 0.25) is 5.91 Å². The van der Waals surface area contributed by atoms with Crippen LogP contribution in [-0.2, 0) is 11.0 Å². The minimum Gasteiger partial charge on any atom is -0.387 e. The summed E-state index contributed by atoms with van der Waals surface area (Å²) in [6.45, 7) is 7.95. The Balaban J connectivity index is 1.53. The average Bonchev–Trinajstić information content (AvgIpc) is 3.12. The molecule has 2 heterocycles. The van der Waals surface area contributed by atoms with E-state index in [0.29, 0.717) is 38.3 Å². The minimum absolute atomic E-state index is 0.0590. The van der Waals surface area contributed by atoms with Gasteiger partial charge in [0, 0.05) is 44.3 Å². The van der Waals surface area contributed by atoms with Gasteiger partial charge >= 0.3 is 6.18 Å². The van der Waals surface area contributed by atoms with Crippen molar-refractivity contribution in [1.82, 2.24) is 20.2 Å². The van der Waals surface area contributed by atoms with E-state index in [4.69, 9.17) is 11.6 Å². The van der Waals surface area contributed by atoms with Crippen LogP contribution in [-0.4, -0.2) is 64.6 Å². The summed E-state index contributed by atoms with van der Waals surface area (Å²) in [5, 5.41) is 13.1. The van der Waals surface area contributed by atoms with Crippen LogP contribution in [0.3, 0.4) is 0 Å². The molecule has 4 rings (SSSR count). The number of benzene rings is 1. The summed E-state index contributed by atoms with van der Waals surface area (Å²) in [7, 11) is 0. The van der Waals surface area contributed by atoms with Crippen LogP contribution < -0.4 is 10.2 Å². The number of aliphatic hydroxyl groups is 1. The molecule has 0 radical (unpaired) electrons. The van der Waals surface area contributed by atoms with Crippen molar-refractivity contribution in [2.45, 2.75) is 57.3 Å². The maximum atomic E-state index is 13.6. The van der Waals surface area contributed by atoms with Gasteiger partial charge in [0.1, 0.15) is 12.1 Å². The maximum Gasteiger partial charge on any atom is 0.417 e. The summed E-state index contributed by atoms with van der Waals surface area (Å²) >= 11 is 5.81. The molecule has 1 aliphatic heterocycles. The average molecular weight is 526 g/mol. The monoisotopic (exact) mass is 525 g/mol. The van der Waals surface area contributed by atoms with E-state index in [2.05, 4.69) is 20.2 Å². The second-order valence-electron chi connectivity index (χ2n) is 9.81. The zero-order valence-corrected chi connectivity index (χ0v) is 21.3. The van der Waals surface area contributed by atoms with E-state index in [-0.39, 0.29) is 35.0 Å². The normalized spacial score (nSPS) is 21.1. The number of aromatic nitrogens is 2. The van der Waals surface area contributed by atoms with Gasteiger partial charge in [-0.15, -0.1) is 0 Å². The van der Waals surface area contributed by atoms with E-state index in [1.165, 1.54) is 18.5 Å². The van der Waals surface area contributed by atoms with Gasteiger partial charge in [-0.05, 0) is 30.0 Å². The fourth-order valence-electron chi connectivity index (χ4n) is 4.99. The first-order chi connectivity index (χ1) is 17.0. The number of fused-ring (bicyclic) bond motifs is 1. The molecule has 1 amide bonds. The first-order valence-corrected chi connectivity index (χ1v) is 12.5. The van der Waals surface area contributed by atoms with Gasteiger partial charge in [-0.25, -0.2) is 9.97 Å². The zero-order valence-electron chi connectivity index (χ0n) is 20.5. The number of amides is 1. The smallest absolute Gasteiger partial charge is 0.387 e. The van der Waals surface area contributed by atoms with Crippen LogP contribution in [0.15, 0.2) is 24.5 Å². The molecule has 11 heteroatoms. The number of piperazine rings is 1. The molecule has 0 spiro atoms. The molecule has 3 atom stereocenters. The van der Waals surface area contributed by atoms with Gasteiger partial charge in [-0.1, -0.05) is 38.4 Å². The SMILES string of the molecule is CC(C)NCC(C(=O)N1CCN(c2ncnc3c2[C@H](C)C[C@H]3O)CC1)c1ccc(Cl)c(C(F)(F)F)c1. The largest absolute Gasteiger partial charge is 0.417 e. The Labute approximate surface area is 213 Å². The third-order valence-corrected chi connectivity index (χ3v) is 7.23. The minimum atomic E-state index is -4.61. The number of carbonyl (C=O) groups excluding carboxylic acids is 1. The summed E-state index contributed by atoms with van der Waals surface area (Å²) in [4.78, 5) is 26.1. The first-order valence-electron chi connectivity index (χ1n) is 12.1. The molecule has 1 saturated heterocycles. The second-order valence-corrected chi connectivity index (χ2v) is 10.2. The summed E-state index contributed by atoms with van der Waals surface area (Å²) in [6.07, 6.45) is -3.15. The van der Waals surface area contributed by atoms with Crippen LogP contribution in [0.4, 0.5) is 19.0 Å². The van der Waals surface area contributed by atoms with Gasteiger partial charge in [0.05, 0.1) is 28.3 Å². The summed E-state index contributed by atoms with van der Waals surface area (Å²) in [5.74, 6) is -0.0995. The van der Waals surface area contributed by atoms with E-state index in [1.807, 2.05) is 20.8 Å². The Morgan fingerprint density at radius 1 is 1.22 bits per heavy atom. The van der Waals surface area contributed by atoms with Crippen molar-refractivity contribution in [2.24, 2.45) is 0 Å². The number of nitrogens with zero attached hydrogens (tertiary/aromatic N) is 4. The Hall–Kier alpha value is -2.43. The number of carbonyl (C=O) groups is 1. The van der Waals surface area contributed by atoms with E-state index < -0.39 is 23.8 Å².